The number of aromatic nitrogens is 1. The van der Waals surface area contributed by atoms with Crippen LogP contribution in [0.5, 0.6) is 0 Å². The van der Waals surface area contributed by atoms with Crippen LogP contribution in [0.15, 0.2) is 48.5 Å². The first kappa shape index (κ1) is 22.6. The molecule has 0 bridgehead atoms. The third kappa shape index (κ3) is 3.98. The number of rotatable bonds is 4. The number of amides is 1. The van der Waals surface area contributed by atoms with Crippen LogP contribution in [0.3, 0.4) is 0 Å². The van der Waals surface area contributed by atoms with Gasteiger partial charge in [0, 0.05) is 20.8 Å². The van der Waals surface area contributed by atoms with Gasteiger partial charge in [0.2, 0.25) is 0 Å². The van der Waals surface area contributed by atoms with E-state index in [0.29, 0.717) is 27.1 Å². The van der Waals surface area contributed by atoms with Gasteiger partial charge in [-0.25, -0.2) is 4.98 Å². The molecular formula is C28H24ClN3OS. The number of carbonyl (C=O) groups is 1. The zero-order valence-corrected chi connectivity index (χ0v) is 20.7. The minimum atomic E-state index is -0.214. The molecule has 6 heteroatoms. The van der Waals surface area contributed by atoms with Gasteiger partial charge in [0.25, 0.3) is 5.91 Å². The molecule has 1 N–H and O–H groups in total. The summed E-state index contributed by atoms with van der Waals surface area (Å²) in [4.78, 5) is 19.8. The number of fused-ring (bicyclic) bond motifs is 2. The predicted molar refractivity (Wildman–Crippen MR) is 140 cm³/mol. The lowest BCUT2D eigenvalue weighted by atomic mass is 9.86. The molecule has 0 saturated carbocycles. The monoisotopic (exact) mass is 485 g/mol. The van der Waals surface area contributed by atoms with Gasteiger partial charge in [0.05, 0.1) is 22.3 Å². The molecule has 4 aromatic rings. The normalized spacial score (nSPS) is 15.1. The van der Waals surface area contributed by atoms with Crippen molar-refractivity contribution in [1.29, 1.82) is 5.26 Å². The van der Waals surface area contributed by atoms with Crippen molar-refractivity contribution in [2.75, 3.05) is 5.32 Å². The van der Waals surface area contributed by atoms with Crippen LogP contribution in [0.2, 0.25) is 5.02 Å². The second kappa shape index (κ2) is 9.21. The van der Waals surface area contributed by atoms with Gasteiger partial charge < -0.3 is 5.32 Å². The van der Waals surface area contributed by atoms with Crippen molar-refractivity contribution in [3.63, 3.8) is 0 Å². The number of hydrogen-bond acceptors (Lipinski definition) is 4. The highest BCUT2D eigenvalue weighted by Gasteiger charge is 2.27. The number of thiophene rings is 1. The molecule has 34 heavy (non-hydrogen) atoms. The van der Waals surface area contributed by atoms with Crippen LogP contribution in [0, 0.1) is 24.2 Å². The highest BCUT2D eigenvalue weighted by atomic mass is 35.5. The van der Waals surface area contributed by atoms with Crippen LogP contribution in [0.25, 0.3) is 22.2 Å². The maximum Gasteiger partial charge on any atom is 0.257 e. The largest absolute Gasteiger partial charge is 0.312 e. The van der Waals surface area contributed by atoms with E-state index in [4.69, 9.17) is 16.6 Å². The Kier molecular flexibility index (Phi) is 6.12. The molecule has 1 atom stereocenters. The standard InChI is InChI=1S/C28H24ClN3OS/c1-3-17-8-13-20-22(15-30)28(34-24(20)14-17)32-27(33)25-16(2)26(18-9-11-19(29)12-10-18)31-23-7-5-4-6-21(23)25/h4-7,9-12,17H,3,8,13-14H2,1-2H3,(H,32,33). The average Bonchev–Trinajstić information content (AvgIpc) is 3.19. The quantitative estimate of drug-likeness (QED) is 0.324. The van der Waals surface area contributed by atoms with Crippen molar-refractivity contribution >= 4 is 44.7 Å². The summed E-state index contributed by atoms with van der Waals surface area (Å²) in [5.74, 6) is 0.433. The van der Waals surface area contributed by atoms with Crippen LogP contribution in [0.4, 0.5) is 5.00 Å². The molecule has 1 aliphatic rings. The van der Waals surface area contributed by atoms with Gasteiger partial charge >= 0.3 is 0 Å². The van der Waals surface area contributed by atoms with E-state index < -0.39 is 0 Å². The molecule has 1 amide bonds. The summed E-state index contributed by atoms with van der Waals surface area (Å²) in [5.41, 5.74) is 5.51. The van der Waals surface area contributed by atoms with Crippen LogP contribution in [0.1, 0.15) is 51.7 Å². The second-order valence-electron chi connectivity index (χ2n) is 8.78. The average molecular weight is 486 g/mol. The van der Waals surface area contributed by atoms with Gasteiger partial charge in [-0.05, 0) is 61.4 Å². The van der Waals surface area contributed by atoms with Crippen molar-refractivity contribution in [1.82, 2.24) is 4.98 Å². The summed E-state index contributed by atoms with van der Waals surface area (Å²) in [6, 6.07) is 17.5. The number of para-hydroxylation sites is 1. The van der Waals surface area contributed by atoms with Crippen LogP contribution in [-0.4, -0.2) is 10.9 Å². The number of nitrogens with one attached hydrogen (secondary N) is 1. The number of anilines is 1. The molecule has 2 heterocycles. The smallest absolute Gasteiger partial charge is 0.257 e. The van der Waals surface area contributed by atoms with Gasteiger partial charge in [0.1, 0.15) is 11.1 Å². The fourth-order valence-electron chi connectivity index (χ4n) is 4.86. The molecule has 4 nitrogen and oxygen atoms in total. The Balaban J connectivity index is 1.59. The Bertz CT molecular complexity index is 1450. The zero-order valence-electron chi connectivity index (χ0n) is 19.1. The fourth-order valence-corrected chi connectivity index (χ4v) is 6.30. The van der Waals surface area contributed by atoms with Crippen LogP contribution >= 0.6 is 22.9 Å². The molecule has 5 rings (SSSR count). The lowest BCUT2D eigenvalue weighted by Crippen LogP contribution is -2.15. The van der Waals surface area contributed by atoms with E-state index in [1.807, 2.05) is 55.5 Å². The highest BCUT2D eigenvalue weighted by Crippen LogP contribution is 2.40. The summed E-state index contributed by atoms with van der Waals surface area (Å²) in [6.45, 7) is 4.14. The minimum Gasteiger partial charge on any atom is -0.312 e. The Hall–Kier alpha value is -3.20. The zero-order chi connectivity index (χ0) is 23.8. The number of pyridine rings is 1. The number of benzene rings is 2. The first-order chi connectivity index (χ1) is 16.5. The van der Waals surface area contributed by atoms with E-state index in [1.54, 1.807) is 11.3 Å². The first-order valence-corrected chi connectivity index (χ1v) is 12.7. The number of halogens is 1. The summed E-state index contributed by atoms with van der Waals surface area (Å²) in [5, 5.41) is 15.1. The molecular weight excluding hydrogens is 462 g/mol. The maximum absolute atomic E-state index is 13.7. The lowest BCUT2D eigenvalue weighted by Gasteiger charge is -2.20. The van der Waals surface area contributed by atoms with E-state index in [9.17, 15) is 10.1 Å². The van der Waals surface area contributed by atoms with Gasteiger partial charge in [0.15, 0.2) is 0 Å². The summed E-state index contributed by atoms with van der Waals surface area (Å²) >= 11 is 7.64. The SMILES string of the molecule is CCC1CCc2c(sc(NC(=O)c3c(C)c(-c4ccc(Cl)cc4)nc4ccccc34)c2C#N)C1. The molecule has 2 aromatic carbocycles. The van der Waals surface area contributed by atoms with Gasteiger partial charge in [-0.3, -0.25) is 4.79 Å². The molecule has 0 radical (unpaired) electrons. The summed E-state index contributed by atoms with van der Waals surface area (Å²) in [6.07, 6.45) is 4.12. The third-order valence-electron chi connectivity index (χ3n) is 6.76. The van der Waals surface area contributed by atoms with Gasteiger partial charge in [-0.2, -0.15) is 5.26 Å². The van der Waals surface area contributed by atoms with E-state index in [-0.39, 0.29) is 5.91 Å². The Morgan fingerprint density at radius 1 is 1.24 bits per heavy atom. The lowest BCUT2D eigenvalue weighted by molar-refractivity contribution is 0.102. The second-order valence-corrected chi connectivity index (χ2v) is 10.3. The fraction of sp³-hybridized carbons (Fsp3) is 0.250. The molecule has 2 aromatic heterocycles. The van der Waals surface area contributed by atoms with E-state index in [0.717, 1.165) is 59.0 Å². The van der Waals surface area contributed by atoms with E-state index in [2.05, 4.69) is 18.3 Å². The van der Waals surface area contributed by atoms with Crippen molar-refractivity contribution in [2.24, 2.45) is 5.92 Å². The van der Waals surface area contributed by atoms with Gasteiger partial charge in [-0.15, -0.1) is 11.3 Å². The highest BCUT2D eigenvalue weighted by molar-refractivity contribution is 7.16. The van der Waals surface area contributed by atoms with E-state index >= 15 is 0 Å². The molecule has 0 aliphatic heterocycles. The third-order valence-corrected chi connectivity index (χ3v) is 8.19. The molecule has 0 spiro atoms. The van der Waals surface area contributed by atoms with Gasteiger partial charge in [-0.1, -0.05) is 55.3 Å². The van der Waals surface area contributed by atoms with Crippen LogP contribution < -0.4 is 5.32 Å². The Morgan fingerprint density at radius 2 is 2.00 bits per heavy atom. The number of hydrogen-bond donors (Lipinski definition) is 1. The molecule has 170 valence electrons. The molecule has 0 saturated heterocycles. The predicted octanol–water partition coefficient (Wildman–Crippen LogP) is 7.56. The van der Waals surface area contributed by atoms with E-state index in [1.165, 1.54) is 4.88 Å². The molecule has 0 fully saturated rings. The van der Waals surface area contributed by atoms with Crippen molar-refractivity contribution in [2.45, 2.75) is 39.5 Å². The van der Waals surface area contributed by atoms with Crippen molar-refractivity contribution in [3.8, 4) is 17.3 Å². The number of nitrogens with zero attached hydrogens (tertiary/aromatic N) is 2. The van der Waals surface area contributed by atoms with Crippen molar-refractivity contribution in [3.05, 3.63) is 80.7 Å². The summed E-state index contributed by atoms with van der Waals surface area (Å²) in [7, 11) is 0. The maximum atomic E-state index is 13.7. The summed E-state index contributed by atoms with van der Waals surface area (Å²) < 4.78 is 0. The molecule has 1 unspecified atom stereocenters. The topological polar surface area (TPSA) is 65.8 Å². The number of carbonyl (C=O) groups excluding carboxylic acids is 1. The Morgan fingerprint density at radius 3 is 2.74 bits per heavy atom. The van der Waals surface area contributed by atoms with Crippen molar-refractivity contribution < 1.29 is 4.79 Å². The number of nitriles is 1. The minimum absolute atomic E-state index is 0.214. The first-order valence-electron chi connectivity index (χ1n) is 11.5. The Labute approximate surface area is 208 Å². The van der Waals surface area contributed by atoms with Crippen LogP contribution in [-0.2, 0) is 12.8 Å². The molecule has 1 aliphatic carbocycles.